The van der Waals surface area contributed by atoms with Crippen molar-refractivity contribution in [3.8, 4) is 23.1 Å². The largest absolute Gasteiger partial charge is 0.491 e. The van der Waals surface area contributed by atoms with Crippen LogP contribution in [0.2, 0.25) is 0 Å². The Hall–Kier alpha value is -2.61. The summed E-state index contributed by atoms with van der Waals surface area (Å²) in [5.41, 5.74) is 1.89. The molecule has 0 atom stereocenters. The Kier molecular flexibility index (Phi) is 3.94. The second-order valence-electron chi connectivity index (χ2n) is 4.22. The highest BCUT2D eigenvalue weighted by atomic mass is 16.5. The Morgan fingerprint density at radius 2 is 1.74 bits per heavy atom. The van der Waals surface area contributed by atoms with Crippen LogP contribution < -0.4 is 10.1 Å². The van der Waals surface area contributed by atoms with Crippen LogP contribution in [0.3, 0.4) is 0 Å². The van der Waals surface area contributed by atoms with Gasteiger partial charge in [0, 0.05) is 18.0 Å². The maximum absolute atomic E-state index is 8.45. The van der Waals surface area contributed by atoms with E-state index in [1.807, 2.05) is 38.1 Å². The lowest BCUT2D eigenvalue weighted by atomic mass is 10.1. The molecule has 1 aromatic heterocycles. The lowest BCUT2D eigenvalue weighted by Crippen LogP contribution is -2.05. The first kappa shape index (κ1) is 12.8. The van der Waals surface area contributed by atoms with Gasteiger partial charge < -0.3 is 4.74 Å². The number of benzene rings is 1. The lowest BCUT2D eigenvalue weighted by Gasteiger charge is -2.10. The molecule has 1 heterocycles. The molecule has 19 heavy (non-hydrogen) atoms. The molecule has 0 saturated carbocycles. The van der Waals surface area contributed by atoms with E-state index in [0.29, 0.717) is 5.95 Å². The van der Waals surface area contributed by atoms with Gasteiger partial charge in [0.1, 0.15) is 5.75 Å². The fraction of sp³-hybridized carbons (Fsp3) is 0.214. The Morgan fingerprint density at radius 1 is 1.11 bits per heavy atom. The molecule has 5 nitrogen and oxygen atoms in total. The van der Waals surface area contributed by atoms with Crippen LogP contribution in [0.25, 0.3) is 11.1 Å². The Balaban J connectivity index is 2.15. The fourth-order valence-electron chi connectivity index (χ4n) is 1.59. The highest BCUT2D eigenvalue weighted by molar-refractivity contribution is 5.62. The van der Waals surface area contributed by atoms with Crippen molar-refractivity contribution in [1.29, 1.82) is 5.26 Å². The fourth-order valence-corrected chi connectivity index (χ4v) is 1.59. The molecule has 0 aliphatic carbocycles. The summed E-state index contributed by atoms with van der Waals surface area (Å²) in [7, 11) is 0. The summed E-state index contributed by atoms with van der Waals surface area (Å²) in [6, 6.07) is 7.73. The van der Waals surface area contributed by atoms with Gasteiger partial charge in [-0.3, -0.25) is 5.32 Å². The van der Waals surface area contributed by atoms with Crippen molar-refractivity contribution in [2.45, 2.75) is 20.0 Å². The predicted molar refractivity (Wildman–Crippen MR) is 72.5 cm³/mol. The van der Waals surface area contributed by atoms with Crippen molar-refractivity contribution in [3.63, 3.8) is 0 Å². The van der Waals surface area contributed by atoms with Crippen molar-refractivity contribution in [1.82, 2.24) is 9.97 Å². The molecule has 0 saturated heterocycles. The first-order chi connectivity index (χ1) is 9.19. The van der Waals surface area contributed by atoms with Crippen molar-refractivity contribution in [2.75, 3.05) is 5.32 Å². The van der Waals surface area contributed by atoms with E-state index in [2.05, 4.69) is 15.3 Å². The average molecular weight is 254 g/mol. The lowest BCUT2D eigenvalue weighted by molar-refractivity contribution is 0.242. The average Bonchev–Trinajstić information content (AvgIpc) is 2.40. The molecular formula is C14H14N4O. The monoisotopic (exact) mass is 254 g/mol. The maximum atomic E-state index is 8.45. The Bertz CT molecular complexity index is 570. The molecule has 0 bridgehead atoms. The third-order valence-corrected chi connectivity index (χ3v) is 2.38. The molecular weight excluding hydrogens is 240 g/mol. The summed E-state index contributed by atoms with van der Waals surface area (Å²) in [5.74, 6) is 1.13. The van der Waals surface area contributed by atoms with E-state index in [1.165, 1.54) is 0 Å². The van der Waals surface area contributed by atoms with E-state index in [9.17, 15) is 0 Å². The number of aromatic nitrogens is 2. The van der Waals surface area contributed by atoms with Crippen LogP contribution in [0.15, 0.2) is 36.7 Å². The normalized spacial score (nSPS) is 10.0. The number of rotatable bonds is 4. The van der Waals surface area contributed by atoms with E-state index in [-0.39, 0.29) is 6.10 Å². The van der Waals surface area contributed by atoms with Gasteiger partial charge in [-0.15, -0.1) is 0 Å². The number of hydrogen-bond acceptors (Lipinski definition) is 5. The van der Waals surface area contributed by atoms with Crippen LogP contribution in [0, 0.1) is 11.5 Å². The minimum atomic E-state index is 0.158. The SMILES string of the molecule is CC(C)Oc1ccc(-c2cnc(NC#N)nc2)cc1. The third-order valence-electron chi connectivity index (χ3n) is 2.38. The predicted octanol–water partition coefficient (Wildman–Crippen LogP) is 2.82. The molecule has 0 unspecified atom stereocenters. The van der Waals surface area contributed by atoms with Gasteiger partial charge in [0.2, 0.25) is 5.95 Å². The minimum Gasteiger partial charge on any atom is -0.491 e. The van der Waals surface area contributed by atoms with Gasteiger partial charge in [-0.05, 0) is 31.5 Å². The second kappa shape index (κ2) is 5.83. The summed E-state index contributed by atoms with van der Waals surface area (Å²) >= 11 is 0. The molecule has 1 aromatic carbocycles. The number of nitrogens with zero attached hydrogens (tertiary/aromatic N) is 3. The maximum Gasteiger partial charge on any atom is 0.236 e. The zero-order valence-corrected chi connectivity index (χ0v) is 10.8. The Labute approximate surface area is 111 Å². The Morgan fingerprint density at radius 3 is 2.26 bits per heavy atom. The van der Waals surface area contributed by atoms with Crippen molar-refractivity contribution in [2.24, 2.45) is 0 Å². The summed E-state index contributed by atoms with van der Waals surface area (Å²) in [5, 5.41) is 10.8. The molecule has 0 aliphatic heterocycles. The van der Waals surface area contributed by atoms with Crippen LogP contribution >= 0.6 is 0 Å². The molecule has 0 radical (unpaired) electrons. The van der Waals surface area contributed by atoms with E-state index >= 15 is 0 Å². The molecule has 2 aromatic rings. The van der Waals surface area contributed by atoms with Crippen LogP contribution in [0.5, 0.6) is 5.75 Å². The van der Waals surface area contributed by atoms with Gasteiger partial charge in [0.05, 0.1) is 6.10 Å². The standard InChI is InChI=1S/C14H14N4O/c1-10(2)19-13-5-3-11(4-6-13)12-7-16-14(17-8-12)18-9-15/h3-8,10H,1-2H3,(H,16,17,18). The topological polar surface area (TPSA) is 70.8 Å². The van der Waals surface area contributed by atoms with Crippen molar-refractivity contribution >= 4 is 5.95 Å². The summed E-state index contributed by atoms with van der Waals surface area (Å²) in [4.78, 5) is 8.08. The molecule has 5 heteroatoms. The zero-order chi connectivity index (χ0) is 13.7. The van der Waals surface area contributed by atoms with Gasteiger partial charge in [-0.1, -0.05) is 12.1 Å². The van der Waals surface area contributed by atoms with Gasteiger partial charge in [0.15, 0.2) is 6.19 Å². The van der Waals surface area contributed by atoms with Gasteiger partial charge in [-0.2, -0.15) is 5.26 Å². The number of nitriles is 1. The van der Waals surface area contributed by atoms with Gasteiger partial charge >= 0.3 is 0 Å². The zero-order valence-electron chi connectivity index (χ0n) is 10.8. The number of nitrogens with one attached hydrogen (secondary N) is 1. The van der Waals surface area contributed by atoms with Gasteiger partial charge in [-0.25, -0.2) is 9.97 Å². The first-order valence-corrected chi connectivity index (χ1v) is 5.93. The minimum absolute atomic E-state index is 0.158. The third kappa shape index (κ3) is 3.42. The van der Waals surface area contributed by atoms with Gasteiger partial charge in [0.25, 0.3) is 0 Å². The summed E-state index contributed by atoms with van der Waals surface area (Å²) < 4.78 is 5.58. The summed E-state index contributed by atoms with van der Waals surface area (Å²) in [6.45, 7) is 3.98. The van der Waals surface area contributed by atoms with E-state index in [4.69, 9.17) is 10.00 Å². The molecule has 0 spiro atoms. The van der Waals surface area contributed by atoms with Crippen LogP contribution in [-0.4, -0.2) is 16.1 Å². The molecule has 0 aliphatic rings. The molecule has 1 N–H and O–H groups in total. The first-order valence-electron chi connectivity index (χ1n) is 5.93. The van der Waals surface area contributed by atoms with Crippen molar-refractivity contribution < 1.29 is 4.74 Å². The van der Waals surface area contributed by atoms with Crippen molar-refractivity contribution in [3.05, 3.63) is 36.7 Å². The van der Waals surface area contributed by atoms with E-state index in [0.717, 1.165) is 16.9 Å². The highest BCUT2D eigenvalue weighted by Crippen LogP contribution is 2.22. The molecule has 0 amide bonds. The van der Waals surface area contributed by atoms with Crippen LogP contribution in [0.4, 0.5) is 5.95 Å². The summed E-state index contributed by atoms with van der Waals surface area (Å²) in [6.07, 6.45) is 5.28. The quantitative estimate of drug-likeness (QED) is 0.671. The van der Waals surface area contributed by atoms with Crippen LogP contribution in [-0.2, 0) is 0 Å². The molecule has 96 valence electrons. The second-order valence-corrected chi connectivity index (χ2v) is 4.22. The smallest absolute Gasteiger partial charge is 0.236 e. The highest BCUT2D eigenvalue weighted by Gasteiger charge is 2.02. The van der Waals surface area contributed by atoms with E-state index in [1.54, 1.807) is 18.6 Å². The number of anilines is 1. The van der Waals surface area contributed by atoms with Crippen LogP contribution in [0.1, 0.15) is 13.8 Å². The number of ether oxygens (including phenoxy) is 1. The molecule has 2 rings (SSSR count). The van der Waals surface area contributed by atoms with E-state index < -0.39 is 0 Å². The number of hydrogen-bond donors (Lipinski definition) is 1. The molecule has 0 fully saturated rings.